The first-order valence-corrected chi connectivity index (χ1v) is 3.37. The summed E-state index contributed by atoms with van der Waals surface area (Å²) in [7, 11) is 0. The lowest BCUT2D eigenvalue weighted by molar-refractivity contribution is 0.411. The van der Waals surface area contributed by atoms with Gasteiger partial charge in [0, 0.05) is 5.57 Å². The highest BCUT2D eigenvalue weighted by atomic mass is 16.3. The highest BCUT2D eigenvalue weighted by Gasteiger charge is 1.88. The second-order valence-corrected chi connectivity index (χ2v) is 2.04. The highest BCUT2D eigenvalue weighted by Crippen LogP contribution is 2.04. The lowest BCUT2D eigenvalue weighted by Gasteiger charge is -1.94. The summed E-state index contributed by atoms with van der Waals surface area (Å²) in [5.41, 5.74) is 0.866. The fourth-order valence-electron chi connectivity index (χ4n) is 0.656. The van der Waals surface area contributed by atoms with Gasteiger partial charge in [-0.2, -0.15) is 0 Å². The van der Waals surface area contributed by atoms with Gasteiger partial charge in [0.1, 0.15) is 0 Å². The summed E-state index contributed by atoms with van der Waals surface area (Å²) in [5.74, 6) is 0.358. The van der Waals surface area contributed by atoms with Crippen molar-refractivity contribution in [2.75, 3.05) is 0 Å². The Kier molecular flexibility index (Phi) is 4.38. The number of hydrogen-bond donors (Lipinski definition) is 1. The highest BCUT2D eigenvalue weighted by molar-refractivity contribution is 5.31. The minimum absolute atomic E-state index is 0.358. The molecule has 0 amide bonds. The van der Waals surface area contributed by atoms with Crippen LogP contribution in [-0.2, 0) is 0 Å². The van der Waals surface area contributed by atoms with Gasteiger partial charge >= 0.3 is 0 Å². The van der Waals surface area contributed by atoms with Gasteiger partial charge in [-0.05, 0) is 20.8 Å². The Morgan fingerprint density at radius 2 is 1.50 bits per heavy atom. The van der Waals surface area contributed by atoms with E-state index in [-0.39, 0.29) is 0 Å². The molecule has 56 valence electrons. The maximum atomic E-state index is 9.05. The van der Waals surface area contributed by atoms with E-state index in [9.17, 15) is 0 Å². The molecule has 0 rings (SSSR count). The number of aliphatic hydroxyl groups is 1. The van der Waals surface area contributed by atoms with E-state index in [0.717, 1.165) is 5.57 Å². The normalized spacial score (nSPS) is 14.7. The second kappa shape index (κ2) is 4.86. The SMILES string of the molecule is C\C=C/C(/C=C/C)=C(\C)O. The fraction of sp³-hybridized carbons (Fsp3) is 0.333. The molecule has 0 saturated heterocycles. The van der Waals surface area contributed by atoms with Crippen LogP contribution in [-0.4, -0.2) is 5.11 Å². The second-order valence-electron chi connectivity index (χ2n) is 2.04. The zero-order valence-corrected chi connectivity index (χ0v) is 6.76. The van der Waals surface area contributed by atoms with Crippen LogP contribution >= 0.6 is 0 Å². The first-order chi connectivity index (χ1) is 4.72. The molecule has 0 aromatic rings. The van der Waals surface area contributed by atoms with Crippen LogP contribution in [0.4, 0.5) is 0 Å². The molecule has 0 radical (unpaired) electrons. The molecule has 0 aromatic heterocycles. The van der Waals surface area contributed by atoms with Gasteiger partial charge < -0.3 is 5.11 Å². The van der Waals surface area contributed by atoms with Gasteiger partial charge in [-0.3, -0.25) is 0 Å². The summed E-state index contributed by atoms with van der Waals surface area (Å²) in [4.78, 5) is 0. The smallest absolute Gasteiger partial charge is 0.0963 e. The average molecular weight is 138 g/mol. The van der Waals surface area contributed by atoms with E-state index in [1.54, 1.807) is 6.92 Å². The Morgan fingerprint density at radius 3 is 1.70 bits per heavy atom. The minimum Gasteiger partial charge on any atom is -0.512 e. The molecule has 1 nitrogen and oxygen atoms in total. The molecule has 1 N–H and O–H groups in total. The molecular formula is C9H14O. The fourth-order valence-corrected chi connectivity index (χ4v) is 0.656. The number of hydrogen-bond acceptors (Lipinski definition) is 1. The summed E-state index contributed by atoms with van der Waals surface area (Å²) in [6.07, 6.45) is 7.54. The van der Waals surface area contributed by atoms with Crippen molar-refractivity contribution < 1.29 is 5.11 Å². The maximum absolute atomic E-state index is 9.05. The van der Waals surface area contributed by atoms with Gasteiger partial charge in [-0.25, -0.2) is 0 Å². The zero-order valence-electron chi connectivity index (χ0n) is 6.76. The van der Waals surface area contributed by atoms with Crippen molar-refractivity contribution >= 4 is 0 Å². The molecule has 0 spiro atoms. The molecule has 1 heteroatoms. The van der Waals surface area contributed by atoms with Crippen molar-refractivity contribution in [3.63, 3.8) is 0 Å². The Morgan fingerprint density at radius 1 is 1.10 bits per heavy atom. The third-order valence-corrected chi connectivity index (χ3v) is 1.11. The average Bonchev–Trinajstić information content (AvgIpc) is 1.87. The van der Waals surface area contributed by atoms with Crippen LogP contribution in [0.1, 0.15) is 20.8 Å². The lowest BCUT2D eigenvalue weighted by Crippen LogP contribution is -1.78. The largest absolute Gasteiger partial charge is 0.512 e. The predicted octanol–water partition coefficient (Wildman–Crippen LogP) is 2.97. The van der Waals surface area contributed by atoms with E-state index in [4.69, 9.17) is 5.11 Å². The van der Waals surface area contributed by atoms with Gasteiger partial charge in [0.05, 0.1) is 5.76 Å². The van der Waals surface area contributed by atoms with Crippen LogP contribution in [0.25, 0.3) is 0 Å². The van der Waals surface area contributed by atoms with Crippen molar-refractivity contribution in [3.05, 3.63) is 35.6 Å². The number of rotatable bonds is 2. The summed E-state index contributed by atoms with van der Waals surface area (Å²) in [6.45, 7) is 5.52. The van der Waals surface area contributed by atoms with Crippen LogP contribution < -0.4 is 0 Å². The lowest BCUT2D eigenvalue weighted by atomic mass is 10.2. The molecule has 0 heterocycles. The summed E-state index contributed by atoms with van der Waals surface area (Å²) < 4.78 is 0. The molecule has 0 atom stereocenters. The number of aliphatic hydroxyl groups excluding tert-OH is 1. The van der Waals surface area contributed by atoms with E-state index >= 15 is 0 Å². The van der Waals surface area contributed by atoms with Crippen LogP contribution in [0.15, 0.2) is 35.6 Å². The molecule has 10 heavy (non-hydrogen) atoms. The molecular weight excluding hydrogens is 124 g/mol. The van der Waals surface area contributed by atoms with E-state index in [1.807, 2.05) is 38.2 Å². The van der Waals surface area contributed by atoms with E-state index in [0.29, 0.717) is 5.76 Å². The first kappa shape index (κ1) is 9.02. The van der Waals surface area contributed by atoms with Gasteiger partial charge in [0.15, 0.2) is 0 Å². The van der Waals surface area contributed by atoms with Crippen LogP contribution in [0.3, 0.4) is 0 Å². The van der Waals surface area contributed by atoms with Gasteiger partial charge in [-0.15, -0.1) is 0 Å². The van der Waals surface area contributed by atoms with Gasteiger partial charge in [0.25, 0.3) is 0 Å². The monoisotopic (exact) mass is 138 g/mol. The molecule has 0 saturated carbocycles. The third-order valence-electron chi connectivity index (χ3n) is 1.11. The maximum Gasteiger partial charge on any atom is 0.0963 e. The molecule has 0 fully saturated rings. The van der Waals surface area contributed by atoms with Crippen molar-refractivity contribution in [1.82, 2.24) is 0 Å². The Hall–Kier alpha value is -0.980. The standard InChI is InChI=1S/C9H14O/c1-4-6-9(7-5-2)8(3)10/h4-7,10H,1-3H3/b6-4-,7-5+,9-8-. The molecule has 0 aliphatic rings. The zero-order chi connectivity index (χ0) is 7.98. The first-order valence-electron chi connectivity index (χ1n) is 3.37. The Bertz CT molecular complexity index is 155. The van der Waals surface area contributed by atoms with Gasteiger partial charge in [0.2, 0.25) is 0 Å². The third kappa shape index (κ3) is 3.13. The summed E-state index contributed by atoms with van der Waals surface area (Å²) in [5, 5.41) is 9.05. The topological polar surface area (TPSA) is 20.2 Å². The van der Waals surface area contributed by atoms with Crippen molar-refractivity contribution in [2.24, 2.45) is 0 Å². The Labute approximate surface area is 62.4 Å². The van der Waals surface area contributed by atoms with Crippen LogP contribution in [0.5, 0.6) is 0 Å². The van der Waals surface area contributed by atoms with Crippen molar-refractivity contribution in [2.45, 2.75) is 20.8 Å². The molecule has 0 aromatic carbocycles. The van der Waals surface area contributed by atoms with E-state index < -0.39 is 0 Å². The van der Waals surface area contributed by atoms with Gasteiger partial charge in [-0.1, -0.05) is 24.3 Å². The van der Waals surface area contributed by atoms with E-state index in [1.165, 1.54) is 0 Å². The molecule has 0 unspecified atom stereocenters. The van der Waals surface area contributed by atoms with Crippen LogP contribution in [0, 0.1) is 0 Å². The number of allylic oxidation sites excluding steroid dienone is 6. The summed E-state index contributed by atoms with van der Waals surface area (Å²) in [6, 6.07) is 0. The van der Waals surface area contributed by atoms with E-state index in [2.05, 4.69) is 0 Å². The predicted molar refractivity (Wildman–Crippen MR) is 45.0 cm³/mol. The molecule has 0 aliphatic heterocycles. The quantitative estimate of drug-likeness (QED) is 0.459. The van der Waals surface area contributed by atoms with Crippen molar-refractivity contribution in [1.29, 1.82) is 0 Å². The minimum atomic E-state index is 0.358. The molecule has 0 bridgehead atoms. The molecule has 0 aliphatic carbocycles. The Balaban J connectivity index is 4.43. The van der Waals surface area contributed by atoms with Crippen molar-refractivity contribution in [3.8, 4) is 0 Å². The van der Waals surface area contributed by atoms with Crippen LogP contribution in [0.2, 0.25) is 0 Å². The summed E-state index contributed by atoms with van der Waals surface area (Å²) >= 11 is 0.